The van der Waals surface area contributed by atoms with E-state index in [1.807, 2.05) is 30.3 Å². The fourth-order valence-electron chi connectivity index (χ4n) is 1.62. The predicted molar refractivity (Wildman–Crippen MR) is 70.9 cm³/mol. The van der Waals surface area contributed by atoms with Crippen LogP contribution in [0.2, 0.25) is 0 Å². The molecule has 0 aliphatic carbocycles. The second-order valence-electron chi connectivity index (χ2n) is 4.31. The van der Waals surface area contributed by atoms with E-state index in [2.05, 4.69) is 10.3 Å². The zero-order valence-electron chi connectivity index (χ0n) is 10.9. The first kappa shape index (κ1) is 13.8. The Morgan fingerprint density at radius 2 is 2.05 bits per heavy atom. The fraction of sp³-hybridized carbons (Fsp3) is 0.214. The lowest BCUT2D eigenvalue weighted by atomic mass is 10.2. The van der Waals surface area contributed by atoms with Crippen LogP contribution in [0.1, 0.15) is 12.6 Å². The minimum Gasteiger partial charge on any atom is -0.480 e. The number of aromatic nitrogens is 1. The molecule has 1 heterocycles. The number of hydrogen-bond acceptors (Lipinski definition) is 4. The van der Waals surface area contributed by atoms with E-state index in [-0.39, 0.29) is 6.42 Å². The van der Waals surface area contributed by atoms with Crippen molar-refractivity contribution < 1.29 is 19.1 Å². The van der Waals surface area contributed by atoms with Gasteiger partial charge in [-0.3, -0.25) is 9.59 Å². The van der Waals surface area contributed by atoms with Crippen LogP contribution in [0.4, 0.5) is 0 Å². The average Bonchev–Trinajstić information content (AvgIpc) is 2.88. The Balaban J connectivity index is 2.00. The number of carbonyl (C=O) groups is 2. The molecule has 2 rings (SSSR count). The Morgan fingerprint density at radius 1 is 1.35 bits per heavy atom. The maximum Gasteiger partial charge on any atom is 0.325 e. The molecule has 6 nitrogen and oxygen atoms in total. The number of carboxylic acids is 1. The smallest absolute Gasteiger partial charge is 0.325 e. The van der Waals surface area contributed by atoms with Gasteiger partial charge in [-0.1, -0.05) is 18.2 Å². The number of amides is 1. The molecule has 1 aromatic heterocycles. The number of aliphatic carboxylic acids is 1. The molecule has 20 heavy (non-hydrogen) atoms. The number of rotatable bonds is 5. The number of carboxylic acid groups (broad SMARTS) is 1. The van der Waals surface area contributed by atoms with Crippen LogP contribution >= 0.6 is 0 Å². The molecule has 0 saturated heterocycles. The van der Waals surface area contributed by atoms with E-state index in [1.54, 1.807) is 0 Å². The van der Waals surface area contributed by atoms with E-state index >= 15 is 0 Å². The highest BCUT2D eigenvalue weighted by Crippen LogP contribution is 2.17. The minimum absolute atomic E-state index is 0.0199. The molecule has 6 heteroatoms. The highest BCUT2D eigenvalue weighted by atomic mass is 16.4. The summed E-state index contributed by atoms with van der Waals surface area (Å²) in [5.74, 6) is -1.06. The standard InChI is InChI=1S/C14H14N2O4/c1-9(14(18)19)15-12(17)7-11-8-20-13(16-11)10-5-3-2-4-6-10/h2-6,8-9H,7H2,1H3,(H,15,17)(H,18,19)/t9-/m0/s1. The molecular formula is C14H14N2O4. The van der Waals surface area contributed by atoms with Crippen molar-refractivity contribution in [1.29, 1.82) is 0 Å². The summed E-state index contributed by atoms with van der Waals surface area (Å²) in [6.45, 7) is 1.40. The third-order valence-electron chi connectivity index (χ3n) is 2.66. The summed E-state index contributed by atoms with van der Waals surface area (Å²) in [7, 11) is 0. The Labute approximate surface area is 115 Å². The lowest BCUT2D eigenvalue weighted by molar-refractivity contribution is -0.141. The average molecular weight is 274 g/mol. The zero-order valence-corrected chi connectivity index (χ0v) is 10.9. The van der Waals surface area contributed by atoms with Crippen LogP contribution in [0, 0.1) is 0 Å². The maximum absolute atomic E-state index is 11.6. The van der Waals surface area contributed by atoms with Crippen LogP contribution in [0.5, 0.6) is 0 Å². The summed E-state index contributed by atoms with van der Waals surface area (Å²) in [6.07, 6.45) is 1.38. The summed E-state index contributed by atoms with van der Waals surface area (Å²) in [4.78, 5) is 26.4. The van der Waals surface area contributed by atoms with Gasteiger partial charge >= 0.3 is 5.97 Å². The second-order valence-corrected chi connectivity index (χ2v) is 4.31. The van der Waals surface area contributed by atoms with Gasteiger partial charge in [-0.2, -0.15) is 0 Å². The van der Waals surface area contributed by atoms with Crippen molar-refractivity contribution in [3.05, 3.63) is 42.3 Å². The van der Waals surface area contributed by atoms with Gasteiger partial charge in [0, 0.05) is 5.56 Å². The molecule has 0 aliphatic rings. The second kappa shape index (κ2) is 6.01. The number of carbonyl (C=O) groups excluding carboxylic acids is 1. The first-order valence-electron chi connectivity index (χ1n) is 6.08. The van der Waals surface area contributed by atoms with E-state index in [9.17, 15) is 9.59 Å². The van der Waals surface area contributed by atoms with Gasteiger partial charge < -0.3 is 14.8 Å². The summed E-state index contributed by atoms with van der Waals surface area (Å²) in [6, 6.07) is 8.38. The van der Waals surface area contributed by atoms with Crippen molar-refractivity contribution in [3.8, 4) is 11.5 Å². The molecule has 0 unspecified atom stereocenters. The van der Waals surface area contributed by atoms with Crippen molar-refractivity contribution in [2.75, 3.05) is 0 Å². The fourth-order valence-corrected chi connectivity index (χ4v) is 1.62. The van der Waals surface area contributed by atoms with Gasteiger partial charge in [0.15, 0.2) is 0 Å². The molecule has 0 radical (unpaired) electrons. The van der Waals surface area contributed by atoms with Gasteiger partial charge in [0.05, 0.1) is 12.1 Å². The lowest BCUT2D eigenvalue weighted by Gasteiger charge is -2.07. The van der Waals surface area contributed by atoms with Gasteiger partial charge in [-0.15, -0.1) is 0 Å². The van der Waals surface area contributed by atoms with Crippen LogP contribution in [-0.4, -0.2) is 28.0 Å². The molecule has 2 N–H and O–H groups in total. The Morgan fingerprint density at radius 3 is 2.70 bits per heavy atom. The third kappa shape index (κ3) is 3.44. The summed E-state index contributed by atoms with van der Waals surface area (Å²) >= 11 is 0. The molecule has 104 valence electrons. The number of benzene rings is 1. The summed E-state index contributed by atoms with van der Waals surface area (Å²) in [5.41, 5.74) is 1.28. The number of nitrogens with one attached hydrogen (secondary N) is 1. The lowest BCUT2D eigenvalue weighted by Crippen LogP contribution is -2.39. The van der Waals surface area contributed by atoms with E-state index < -0.39 is 17.9 Å². The van der Waals surface area contributed by atoms with Crippen LogP contribution in [0.3, 0.4) is 0 Å². The van der Waals surface area contributed by atoms with E-state index in [0.717, 1.165) is 5.56 Å². The van der Waals surface area contributed by atoms with Crippen LogP contribution in [0.25, 0.3) is 11.5 Å². The van der Waals surface area contributed by atoms with Gasteiger partial charge in [0.2, 0.25) is 11.8 Å². The molecular weight excluding hydrogens is 260 g/mol. The van der Waals surface area contributed by atoms with Crippen LogP contribution in [-0.2, 0) is 16.0 Å². The molecule has 1 aromatic carbocycles. The zero-order chi connectivity index (χ0) is 14.5. The van der Waals surface area contributed by atoms with Gasteiger partial charge in [0.1, 0.15) is 12.3 Å². The SMILES string of the molecule is C[C@H](NC(=O)Cc1coc(-c2ccccc2)n1)C(=O)O. The third-order valence-corrected chi connectivity index (χ3v) is 2.66. The molecule has 2 aromatic rings. The monoisotopic (exact) mass is 274 g/mol. The van der Waals surface area contributed by atoms with Crippen molar-refractivity contribution in [2.45, 2.75) is 19.4 Å². The molecule has 0 spiro atoms. The van der Waals surface area contributed by atoms with Crippen molar-refractivity contribution in [2.24, 2.45) is 0 Å². The maximum atomic E-state index is 11.6. The van der Waals surface area contributed by atoms with E-state index in [1.165, 1.54) is 13.2 Å². The number of oxazole rings is 1. The summed E-state index contributed by atoms with van der Waals surface area (Å²) in [5, 5.41) is 11.1. The van der Waals surface area contributed by atoms with Crippen molar-refractivity contribution in [3.63, 3.8) is 0 Å². The van der Waals surface area contributed by atoms with E-state index in [0.29, 0.717) is 11.6 Å². The molecule has 1 atom stereocenters. The van der Waals surface area contributed by atoms with Gasteiger partial charge in [-0.05, 0) is 19.1 Å². The molecule has 1 amide bonds. The van der Waals surface area contributed by atoms with Crippen molar-refractivity contribution in [1.82, 2.24) is 10.3 Å². The molecule has 0 fully saturated rings. The quantitative estimate of drug-likeness (QED) is 0.861. The molecule has 0 aliphatic heterocycles. The molecule has 0 saturated carbocycles. The highest BCUT2D eigenvalue weighted by Gasteiger charge is 2.16. The van der Waals surface area contributed by atoms with Crippen LogP contribution < -0.4 is 5.32 Å². The first-order chi connectivity index (χ1) is 9.56. The Bertz CT molecular complexity index is 607. The Hall–Kier alpha value is -2.63. The summed E-state index contributed by atoms with van der Waals surface area (Å²) < 4.78 is 5.30. The Kier molecular flexibility index (Phi) is 4.14. The number of hydrogen-bond donors (Lipinski definition) is 2. The number of nitrogens with zero attached hydrogens (tertiary/aromatic N) is 1. The van der Waals surface area contributed by atoms with Crippen LogP contribution in [0.15, 0.2) is 41.0 Å². The molecule has 0 bridgehead atoms. The largest absolute Gasteiger partial charge is 0.480 e. The topological polar surface area (TPSA) is 92.4 Å². The van der Waals surface area contributed by atoms with Gasteiger partial charge in [-0.25, -0.2) is 4.98 Å². The highest BCUT2D eigenvalue weighted by molar-refractivity contribution is 5.84. The first-order valence-corrected chi connectivity index (χ1v) is 6.08. The van der Waals surface area contributed by atoms with Crippen molar-refractivity contribution >= 4 is 11.9 Å². The predicted octanol–water partition coefficient (Wildman–Crippen LogP) is 1.47. The normalized spacial score (nSPS) is 11.8. The van der Waals surface area contributed by atoms with Gasteiger partial charge in [0.25, 0.3) is 0 Å². The minimum atomic E-state index is -1.08. The van der Waals surface area contributed by atoms with E-state index in [4.69, 9.17) is 9.52 Å².